The van der Waals surface area contributed by atoms with Gasteiger partial charge in [0.15, 0.2) is 0 Å². The van der Waals surface area contributed by atoms with Gasteiger partial charge in [-0.25, -0.2) is 4.31 Å². The summed E-state index contributed by atoms with van der Waals surface area (Å²) < 4.78 is 3.70. The first kappa shape index (κ1) is 14.3. The fourth-order valence-corrected chi connectivity index (χ4v) is 3.30. The molecule has 0 saturated heterocycles. The van der Waals surface area contributed by atoms with Crippen LogP contribution in [-0.4, -0.2) is 19.6 Å². The number of hydrogen-bond donors (Lipinski definition) is 4. The van der Waals surface area contributed by atoms with Crippen molar-refractivity contribution in [3.05, 3.63) is 0 Å². The summed E-state index contributed by atoms with van der Waals surface area (Å²) in [7, 11) is 0. The van der Waals surface area contributed by atoms with Gasteiger partial charge >= 0.3 is 13.4 Å². The van der Waals surface area contributed by atoms with Crippen molar-refractivity contribution in [1.82, 2.24) is 0 Å². The Hall–Kier alpha value is 1.72. The minimum Gasteiger partial charge on any atom is -0.324 e. The van der Waals surface area contributed by atoms with Crippen LogP contribution in [0.3, 0.4) is 0 Å². The molecule has 58 valence electrons. The predicted octanol–water partition coefficient (Wildman–Crippen LogP) is -0.581. The first-order valence-corrected chi connectivity index (χ1v) is 6.78. The van der Waals surface area contributed by atoms with Crippen molar-refractivity contribution in [3.8, 4) is 0 Å². The van der Waals surface area contributed by atoms with Gasteiger partial charge in [-0.2, -0.15) is 0 Å². The third kappa shape index (κ3) is 12.4. The summed E-state index contributed by atoms with van der Waals surface area (Å²) in [5, 5.41) is 0. The molecule has 5 nitrogen and oxygen atoms in total. The molecule has 0 aliphatic rings. The summed E-state index contributed by atoms with van der Waals surface area (Å²) in [6, 6.07) is 0. The van der Waals surface area contributed by atoms with Crippen LogP contribution in [0.25, 0.3) is 0 Å². The van der Waals surface area contributed by atoms with Crippen LogP contribution < -0.4 is 0 Å². The summed E-state index contributed by atoms with van der Waals surface area (Å²) in [6.45, 7) is -8.02. The molecule has 0 spiro atoms. The molecule has 0 bridgehead atoms. The maximum Gasteiger partial charge on any atom is 0.329 e. The Labute approximate surface area is 80.3 Å². The Bertz CT molecular complexity index is 158. The third-order valence-corrected chi connectivity index (χ3v) is 3.11. The van der Waals surface area contributed by atoms with E-state index in [2.05, 4.69) is 27.9 Å². The normalized spacial score (nSPS) is 12.4. The molecule has 0 rings (SSSR count). The van der Waals surface area contributed by atoms with Crippen molar-refractivity contribution < 1.29 is 43.4 Å². The van der Waals surface area contributed by atoms with Crippen molar-refractivity contribution in [2.45, 2.75) is 0 Å². The second-order valence-corrected chi connectivity index (χ2v) is 6.53. The minimum absolute atomic E-state index is 0. The smallest absolute Gasteiger partial charge is 0.324 e. The van der Waals surface area contributed by atoms with Crippen LogP contribution in [0, 0.1) is 0 Å². The first-order chi connectivity index (χ1) is 3.71. The standard InChI is InChI=1S/H4O5P2S2.Zn/c1-6(2,8)5-7(3,4)9;/h(H2,1,2,8)(H2,3,4,9);. The molecule has 0 heterocycles. The molecule has 0 radical (unpaired) electrons. The summed E-state index contributed by atoms with van der Waals surface area (Å²) in [5.41, 5.74) is 0. The summed E-state index contributed by atoms with van der Waals surface area (Å²) in [5.74, 6) is 0. The van der Waals surface area contributed by atoms with Crippen LogP contribution in [0.4, 0.5) is 0 Å². The van der Waals surface area contributed by atoms with Crippen LogP contribution in [0.2, 0.25) is 0 Å². The average Bonchev–Trinajstić information content (AvgIpc) is 1.14. The molecular formula is H4O5P2S2Zn. The van der Waals surface area contributed by atoms with Gasteiger partial charge in [-0.3, -0.25) is 0 Å². The quantitative estimate of drug-likeness (QED) is 0.396. The van der Waals surface area contributed by atoms with E-state index >= 15 is 0 Å². The molecule has 10 heteroatoms. The van der Waals surface area contributed by atoms with Crippen molar-refractivity contribution >= 4 is 37.1 Å². The van der Waals surface area contributed by atoms with Gasteiger partial charge < -0.3 is 19.6 Å². The summed E-state index contributed by atoms with van der Waals surface area (Å²) in [4.78, 5) is 33.0. The van der Waals surface area contributed by atoms with Gasteiger partial charge in [0.2, 0.25) is 0 Å². The molecule has 0 aromatic rings. The van der Waals surface area contributed by atoms with Crippen LogP contribution >= 0.6 is 13.4 Å². The van der Waals surface area contributed by atoms with E-state index in [0.717, 1.165) is 0 Å². The topological polar surface area (TPSA) is 90.2 Å². The zero-order valence-electron chi connectivity index (χ0n) is 4.62. The Balaban J connectivity index is 0. The van der Waals surface area contributed by atoms with Crippen molar-refractivity contribution in [2.75, 3.05) is 0 Å². The second kappa shape index (κ2) is 4.68. The van der Waals surface area contributed by atoms with Gasteiger partial charge in [-0.05, 0) is 23.6 Å². The van der Waals surface area contributed by atoms with Crippen molar-refractivity contribution in [3.63, 3.8) is 0 Å². The molecule has 0 aromatic carbocycles. The van der Waals surface area contributed by atoms with E-state index in [1.807, 2.05) is 0 Å². The largest absolute Gasteiger partial charge is 0.329 e. The third-order valence-electron chi connectivity index (χ3n) is 0.213. The molecule has 0 fully saturated rings. The van der Waals surface area contributed by atoms with E-state index in [0.29, 0.717) is 0 Å². The van der Waals surface area contributed by atoms with Crippen molar-refractivity contribution in [1.29, 1.82) is 0 Å². The molecule has 0 unspecified atom stereocenters. The van der Waals surface area contributed by atoms with E-state index in [4.69, 9.17) is 19.6 Å². The van der Waals surface area contributed by atoms with E-state index < -0.39 is 13.4 Å². The Morgan fingerprint density at radius 3 is 1.10 bits per heavy atom. The van der Waals surface area contributed by atoms with E-state index in [-0.39, 0.29) is 19.5 Å². The Morgan fingerprint density at radius 1 is 0.900 bits per heavy atom. The molecule has 0 aliphatic carbocycles. The van der Waals surface area contributed by atoms with Gasteiger partial charge in [0.25, 0.3) is 0 Å². The molecule has 0 amide bonds. The average molecular weight is 275 g/mol. The van der Waals surface area contributed by atoms with E-state index in [1.54, 1.807) is 0 Å². The van der Waals surface area contributed by atoms with Crippen molar-refractivity contribution in [2.24, 2.45) is 0 Å². The maximum absolute atomic E-state index is 8.25. The van der Waals surface area contributed by atoms with Crippen LogP contribution in [-0.2, 0) is 47.4 Å². The second-order valence-electron chi connectivity index (χ2n) is 1.06. The maximum atomic E-state index is 8.25. The molecule has 10 heavy (non-hydrogen) atoms. The molecule has 0 saturated carbocycles. The zero-order chi connectivity index (χ0) is 7.71. The first-order valence-electron chi connectivity index (χ1n) is 1.53. The van der Waals surface area contributed by atoms with Crippen LogP contribution in [0.5, 0.6) is 0 Å². The van der Waals surface area contributed by atoms with Gasteiger partial charge in [0, 0.05) is 19.5 Å². The number of hydrogen-bond acceptors (Lipinski definition) is 3. The monoisotopic (exact) mass is 274 g/mol. The van der Waals surface area contributed by atoms with Gasteiger partial charge in [0.05, 0.1) is 0 Å². The van der Waals surface area contributed by atoms with Crippen LogP contribution in [0.15, 0.2) is 0 Å². The van der Waals surface area contributed by atoms with Gasteiger partial charge in [-0.15, -0.1) is 0 Å². The van der Waals surface area contributed by atoms with E-state index in [9.17, 15) is 0 Å². The SMILES string of the molecule is OP(O)(=S)OP(O)(O)=S.[Zn]. The molecule has 0 aliphatic heterocycles. The molecular weight excluding hydrogens is 271 g/mol. The molecule has 4 N–H and O–H groups in total. The fourth-order valence-electron chi connectivity index (χ4n) is 0.139. The minimum atomic E-state index is -4.01. The fraction of sp³-hybridized carbons (Fsp3) is 0. The summed E-state index contributed by atoms with van der Waals surface area (Å²) >= 11 is 7.75. The van der Waals surface area contributed by atoms with Gasteiger partial charge in [0.1, 0.15) is 0 Å². The zero-order valence-corrected chi connectivity index (χ0v) is 11.0. The number of rotatable bonds is 2. The predicted molar refractivity (Wildman–Crippen MR) is 38.5 cm³/mol. The molecule has 0 atom stereocenters. The summed E-state index contributed by atoms with van der Waals surface area (Å²) in [6.07, 6.45) is 0. The van der Waals surface area contributed by atoms with E-state index in [1.165, 1.54) is 0 Å². The van der Waals surface area contributed by atoms with Gasteiger partial charge in [-0.1, -0.05) is 0 Å². The Kier molecular flexibility index (Phi) is 6.67. The Morgan fingerprint density at radius 2 is 1.10 bits per heavy atom. The van der Waals surface area contributed by atoms with Crippen LogP contribution in [0.1, 0.15) is 0 Å². The molecule has 0 aromatic heterocycles.